The molecule has 104 valence electrons. The van der Waals surface area contributed by atoms with Crippen LogP contribution in [0.5, 0.6) is 0 Å². The topological polar surface area (TPSA) is 62.4 Å². The minimum atomic E-state index is -0.468. The molecule has 1 aromatic rings. The lowest BCUT2D eigenvalue weighted by Gasteiger charge is -2.38. The lowest BCUT2D eigenvalue weighted by Crippen LogP contribution is -2.41. The molecule has 3 atom stereocenters. The van der Waals surface area contributed by atoms with Crippen molar-refractivity contribution < 1.29 is 5.11 Å². The van der Waals surface area contributed by atoms with Gasteiger partial charge >= 0.3 is 0 Å². The third-order valence-electron chi connectivity index (χ3n) is 4.99. The summed E-state index contributed by atoms with van der Waals surface area (Å²) < 4.78 is 0. The van der Waals surface area contributed by atoms with Crippen LogP contribution in [0.15, 0.2) is 12.3 Å². The molecule has 0 aromatic carbocycles. The maximum absolute atomic E-state index is 10.7. The van der Waals surface area contributed by atoms with Crippen molar-refractivity contribution in [2.24, 2.45) is 5.92 Å². The van der Waals surface area contributed by atoms with Crippen LogP contribution in [0.1, 0.15) is 42.9 Å². The Kier molecular flexibility index (Phi) is 3.23. The van der Waals surface area contributed by atoms with E-state index in [-0.39, 0.29) is 0 Å². The van der Waals surface area contributed by atoms with Crippen LogP contribution in [-0.2, 0) is 0 Å². The SMILES string of the molecule is Cc1cnc(N)c(C(O)C2CC3CCC(C2)N3C)c1. The number of hydrogen-bond donors (Lipinski definition) is 2. The Hall–Kier alpha value is -1.13. The Morgan fingerprint density at radius 1 is 1.37 bits per heavy atom. The van der Waals surface area contributed by atoms with Crippen LogP contribution in [0.25, 0.3) is 0 Å². The van der Waals surface area contributed by atoms with Crippen LogP contribution in [0.3, 0.4) is 0 Å². The molecule has 4 nitrogen and oxygen atoms in total. The van der Waals surface area contributed by atoms with E-state index in [1.54, 1.807) is 6.20 Å². The van der Waals surface area contributed by atoms with Gasteiger partial charge in [0.05, 0.1) is 6.10 Å². The fourth-order valence-corrected chi connectivity index (χ4v) is 3.80. The molecule has 3 N–H and O–H groups in total. The summed E-state index contributed by atoms with van der Waals surface area (Å²) in [6.07, 6.45) is 5.97. The molecule has 0 radical (unpaired) electrons. The number of aromatic nitrogens is 1. The second-order valence-electron chi connectivity index (χ2n) is 6.21. The zero-order valence-electron chi connectivity index (χ0n) is 11.7. The van der Waals surface area contributed by atoms with Gasteiger partial charge in [-0.05, 0) is 57.2 Å². The van der Waals surface area contributed by atoms with Gasteiger partial charge in [-0.1, -0.05) is 0 Å². The number of rotatable bonds is 2. The third-order valence-corrected chi connectivity index (χ3v) is 4.99. The highest BCUT2D eigenvalue weighted by Crippen LogP contribution is 2.43. The number of aryl methyl sites for hydroxylation is 1. The van der Waals surface area contributed by atoms with Crippen molar-refractivity contribution in [1.82, 2.24) is 9.88 Å². The number of nitrogens with two attached hydrogens (primary N) is 1. The molecule has 2 aliphatic rings. The first-order valence-electron chi connectivity index (χ1n) is 7.18. The van der Waals surface area contributed by atoms with E-state index in [1.165, 1.54) is 12.8 Å². The lowest BCUT2D eigenvalue weighted by molar-refractivity contribution is 0.0358. The van der Waals surface area contributed by atoms with Gasteiger partial charge in [-0.3, -0.25) is 0 Å². The highest BCUT2D eigenvalue weighted by molar-refractivity contribution is 5.42. The minimum Gasteiger partial charge on any atom is -0.388 e. The van der Waals surface area contributed by atoms with Gasteiger partial charge in [-0.2, -0.15) is 0 Å². The number of nitrogen functional groups attached to an aromatic ring is 1. The number of hydrogen-bond acceptors (Lipinski definition) is 4. The summed E-state index contributed by atoms with van der Waals surface area (Å²) in [5, 5.41) is 10.7. The van der Waals surface area contributed by atoms with Gasteiger partial charge < -0.3 is 15.7 Å². The van der Waals surface area contributed by atoms with Crippen LogP contribution < -0.4 is 5.73 Å². The Labute approximate surface area is 114 Å². The molecular weight excluding hydrogens is 238 g/mol. The first-order valence-corrected chi connectivity index (χ1v) is 7.18. The summed E-state index contributed by atoms with van der Waals surface area (Å²) >= 11 is 0. The second kappa shape index (κ2) is 4.76. The average molecular weight is 261 g/mol. The number of aliphatic hydroxyl groups is 1. The Morgan fingerprint density at radius 3 is 2.63 bits per heavy atom. The van der Waals surface area contributed by atoms with Gasteiger partial charge in [0, 0.05) is 23.8 Å². The smallest absolute Gasteiger partial charge is 0.129 e. The van der Waals surface area contributed by atoms with Crippen LogP contribution in [-0.4, -0.2) is 34.1 Å². The minimum absolute atomic E-state index is 0.319. The fourth-order valence-electron chi connectivity index (χ4n) is 3.80. The van der Waals surface area contributed by atoms with Crippen molar-refractivity contribution in [1.29, 1.82) is 0 Å². The van der Waals surface area contributed by atoms with E-state index in [4.69, 9.17) is 5.73 Å². The molecule has 0 aliphatic carbocycles. The summed E-state index contributed by atoms with van der Waals surface area (Å²) in [4.78, 5) is 6.66. The van der Waals surface area contributed by atoms with Gasteiger partial charge in [0.1, 0.15) is 5.82 Å². The maximum Gasteiger partial charge on any atom is 0.129 e. The van der Waals surface area contributed by atoms with Gasteiger partial charge in [0.15, 0.2) is 0 Å². The number of aliphatic hydroxyl groups excluding tert-OH is 1. The van der Waals surface area contributed by atoms with Gasteiger partial charge in [0.2, 0.25) is 0 Å². The van der Waals surface area contributed by atoms with Crippen molar-refractivity contribution >= 4 is 5.82 Å². The molecule has 2 saturated heterocycles. The van der Waals surface area contributed by atoms with E-state index in [9.17, 15) is 5.11 Å². The Morgan fingerprint density at radius 2 is 2.00 bits per heavy atom. The maximum atomic E-state index is 10.7. The summed E-state index contributed by atoms with van der Waals surface area (Å²) in [5.74, 6) is 0.795. The van der Waals surface area contributed by atoms with Gasteiger partial charge in [-0.15, -0.1) is 0 Å². The van der Waals surface area contributed by atoms with E-state index in [0.717, 1.165) is 24.0 Å². The quantitative estimate of drug-likeness (QED) is 0.853. The van der Waals surface area contributed by atoms with Crippen molar-refractivity contribution in [3.8, 4) is 0 Å². The van der Waals surface area contributed by atoms with Crippen molar-refractivity contribution in [2.45, 2.75) is 50.8 Å². The number of piperidine rings is 1. The van der Waals surface area contributed by atoms with E-state index in [2.05, 4.69) is 16.9 Å². The molecule has 4 heteroatoms. The Balaban J connectivity index is 1.81. The van der Waals surface area contributed by atoms with Gasteiger partial charge in [0.25, 0.3) is 0 Å². The summed E-state index contributed by atoms with van der Waals surface area (Å²) in [6, 6.07) is 3.25. The second-order valence-corrected chi connectivity index (χ2v) is 6.21. The van der Waals surface area contributed by atoms with E-state index in [0.29, 0.717) is 23.8 Å². The molecule has 0 amide bonds. The lowest BCUT2D eigenvalue weighted by atomic mass is 9.83. The first kappa shape index (κ1) is 12.9. The molecule has 1 aromatic heterocycles. The summed E-state index contributed by atoms with van der Waals surface area (Å²) in [6.45, 7) is 1.99. The average Bonchev–Trinajstić information content (AvgIpc) is 2.64. The molecule has 3 rings (SSSR count). The highest BCUT2D eigenvalue weighted by atomic mass is 16.3. The van der Waals surface area contributed by atoms with Crippen molar-refractivity contribution in [2.75, 3.05) is 12.8 Å². The molecule has 3 heterocycles. The van der Waals surface area contributed by atoms with Gasteiger partial charge in [-0.25, -0.2) is 4.98 Å². The molecule has 19 heavy (non-hydrogen) atoms. The zero-order chi connectivity index (χ0) is 13.6. The summed E-state index contributed by atoms with van der Waals surface area (Å²) in [7, 11) is 2.22. The van der Waals surface area contributed by atoms with Crippen LogP contribution in [0.2, 0.25) is 0 Å². The number of nitrogens with zero attached hydrogens (tertiary/aromatic N) is 2. The number of anilines is 1. The molecule has 3 unspecified atom stereocenters. The van der Waals surface area contributed by atoms with Crippen molar-refractivity contribution in [3.05, 3.63) is 23.4 Å². The monoisotopic (exact) mass is 261 g/mol. The molecule has 2 fully saturated rings. The fraction of sp³-hybridized carbons (Fsp3) is 0.667. The zero-order valence-corrected chi connectivity index (χ0v) is 11.7. The first-order chi connectivity index (χ1) is 9.06. The predicted molar refractivity (Wildman–Crippen MR) is 75.6 cm³/mol. The number of fused-ring (bicyclic) bond motifs is 2. The third kappa shape index (κ3) is 2.23. The largest absolute Gasteiger partial charge is 0.388 e. The normalized spacial score (nSPS) is 32.5. The van der Waals surface area contributed by atoms with E-state index in [1.807, 2.05) is 13.0 Å². The van der Waals surface area contributed by atoms with E-state index >= 15 is 0 Å². The highest BCUT2D eigenvalue weighted by Gasteiger charge is 2.41. The standard InChI is InChI=1S/C15H23N3O/c1-9-5-13(15(16)17-8-9)14(19)10-6-11-3-4-12(7-10)18(11)2/h5,8,10-12,14,19H,3-4,6-7H2,1-2H3,(H2,16,17). The van der Waals surface area contributed by atoms with Crippen LogP contribution >= 0.6 is 0 Å². The van der Waals surface area contributed by atoms with Crippen molar-refractivity contribution in [3.63, 3.8) is 0 Å². The molecule has 0 spiro atoms. The Bertz CT molecular complexity index is 462. The number of pyridine rings is 1. The molecule has 2 aliphatic heterocycles. The molecular formula is C15H23N3O. The van der Waals surface area contributed by atoms with E-state index < -0.39 is 6.10 Å². The molecule has 0 saturated carbocycles. The predicted octanol–water partition coefficient (Wildman–Crippen LogP) is 1.88. The summed E-state index contributed by atoms with van der Waals surface area (Å²) in [5.41, 5.74) is 7.80. The van der Waals surface area contributed by atoms with Crippen LogP contribution in [0, 0.1) is 12.8 Å². The molecule has 2 bridgehead atoms. The van der Waals surface area contributed by atoms with Crippen LogP contribution in [0.4, 0.5) is 5.82 Å².